The summed E-state index contributed by atoms with van der Waals surface area (Å²) < 4.78 is 5.72. The fourth-order valence-electron chi connectivity index (χ4n) is 2.76. The number of aliphatic imine (C=N–C) groups is 1. The third kappa shape index (κ3) is 4.77. The summed E-state index contributed by atoms with van der Waals surface area (Å²) in [7, 11) is 0. The van der Waals surface area contributed by atoms with Crippen LogP contribution in [0.1, 0.15) is 30.5 Å². The molecule has 0 spiro atoms. The van der Waals surface area contributed by atoms with Crippen LogP contribution in [0.25, 0.3) is 0 Å². The molecule has 0 fully saturated rings. The van der Waals surface area contributed by atoms with Crippen LogP contribution in [0.3, 0.4) is 0 Å². The van der Waals surface area contributed by atoms with Crippen molar-refractivity contribution in [2.75, 3.05) is 19.7 Å². The first-order valence-electron chi connectivity index (χ1n) is 8.67. The lowest BCUT2D eigenvalue weighted by Gasteiger charge is -2.28. The number of hydrogen-bond donors (Lipinski definition) is 2. The molecule has 0 aliphatic carbocycles. The second-order valence-electron chi connectivity index (χ2n) is 5.73. The summed E-state index contributed by atoms with van der Waals surface area (Å²) in [6.07, 6.45) is 0.914. The SMILES string of the molecule is CCNC(=NCC#Cc1ccccc1)NC1CCOc2ccccc21. The van der Waals surface area contributed by atoms with Gasteiger partial charge in [0.05, 0.1) is 12.6 Å². The maximum Gasteiger partial charge on any atom is 0.192 e. The van der Waals surface area contributed by atoms with Crippen LogP contribution in [0, 0.1) is 11.8 Å². The van der Waals surface area contributed by atoms with Crippen LogP contribution in [0.15, 0.2) is 59.6 Å². The normalized spacial score (nSPS) is 16.0. The molecule has 2 aromatic rings. The van der Waals surface area contributed by atoms with Gasteiger partial charge in [-0.3, -0.25) is 0 Å². The smallest absolute Gasteiger partial charge is 0.192 e. The van der Waals surface area contributed by atoms with Crippen LogP contribution in [-0.4, -0.2) is 25.7 Å². The highest BCUT2D eigenvalue weighted by molar-refractivity contribution is 5.80. The first kappa shape index (κ1) is 16.9. The van der Waals surface area contributed by atoms with E-state index < -0.39 is 0 Å². The van der Waals surface area contributed by atoms with E-state index in [1.54, 1.807) is 0 Å². The average Bonchev–Trinajstić information content (AvgIpc) is 2.66. The summed E-state index contributed by atoms with van der Waals surface area (Å²) in [4.78, 5) is 4.58. The van der Waals surface area contributed by atoms with Crippen molar-refractivity contribution in [1.82, 2.24) is 10.6 Å². The van der Waals surface area contributed by atoms with Gasteiger partial charge in [0, 0.05) is 24.1 Å². The predicted molar refractivity (Wildman–Crippen MR) is 102 cm³/mol. The van der Waals surface area contributed by atoms with E-state index in [0.717, 1.165) is 30.2 Å². The molecule has 1 aliphatic heterocycles. The molecule has 0 aromatic heterocycles. The quantitative estimate of drug-likeness (QED) is 0.515. The zero-order valence-corrected chi connectivity index (χ0v) is 14.5. The predicted octanol–water partition coefficient (Wildman–Crippen LogP) is 3.12. The summed E-state index contributed by atoms with van der Waals surface area (Å²) in [6.45, 7) is 4.03. The standard InChI is InChI=1S/C21H23N3O/c1-2-22-21(23-15-8-11-17-9-4-3-5-10-17)24-19-14-16-25-20-13-7-6-12-18(19)20/h3-7,9-10,12-13,19H,2,14-16H2,1H3,(H2,22,23,24). The zero-order chi connectivity index (χ0) is 17.3. The second-order valence-corrected chi connectivity index (χ2v) is 5.73. The first-order valence-corrected chi connectivity index (χ1v) is 8.67. The van der Waals surface area contributed by atoms with E-state index >= 15 is 0 Å². The van der Waals surface area contributed by atoms with Gasteiger partial charge in [-0.05, 0) is 25.1 Å². The van der Waals surface area contributed by atoms with Gasteiger partial charge in [-0.2, -0.15) is 0 Å². The summed E-state index contributed by atoms with van der Waals surface area (Å²) >= 11 is 0. The second kappa shape index (κ2) is 8.79. The van der Waals surface area contributed by atoms with E-state index in [0.29, 0.717) is 13.2 Å². The van der Waals surface area contributed by atoms with Gasteiger partial charge >= 0.3 is 0 Å². The monoisotopic (exact) mass is 333 g/mol. The molecule has 2 aromatic carbocycles. The molecule has 0 bridgehead atoms. The van der Waals surface area contributed by atoms with Crippen molar-refractivity contribution in [3.63, 3.8) is 0 Å². The number of nitrogens with zero attached hydrogens (tertiary/aromatic N) is 1. The molecule has 0 radical (unpaired) electrons. The van der Waals surface area contributed by atoms with Crippen molar-refractivity contribution < 1.29 is 4.74 Å². The van der Waals surface area contributed by atoms with E-state index in [4.69, 9.17) is 4.74 Å². The van der Waals surface area contributed by atoms with E-state index in [9.17, 15) is 0 Å². The van der Waals surface area contributed by atoms with Gasteiger partial charge in [0.15, 0.2) is 5.96 Å². The number of ether oxygens (including phenoxy) is 1. The zero-order valence-electron chi connectivity index (χ0n) is 14.5. The molecule has 4 nitrogen and oxygen atoms in total. The Balaban J connectivity index is 1.67. The molecule has 128 valence electrons. The Morgan fingerprint density at radius 1 is 1.16 bits per heavy atom. The number of benzene rings is 2. The average molecular weight is 333 g/mol. The van der Waals surface area contributed by atoms with E-state index in [1.165, 1.54) is 5.56 Å². The number of para-hydroxylation sites is 1. The Labute approximate surface area is 149 Å². The summed E-state index contributed by atoms with van der Waals surface area (Å²) in [6, 6.07) is 18.3. The minimum Gasteiger partial charge on any atom is -0.493 e. The fourth-order valence-corrected chi connectivity index (χ4v) is 2.76. The Morgan fingerprint density at radius 2 is 1.96 bits per heavy atom. The first-order chi connectivity index (χ1) is 12.4. The molecular weight excluding hydrogens is 310 g/mol. The molecule has 0 amide bonds. The van der Waals surface area contributed by atoms with Gasteiger partial charge in [0.2, 0.25) is 0 Å². The highest BCUT2D eigenvalue weighted by Crippen LogP contribution is 2.31. The van der Waals surface area contributed by atoms with Crippen molar-refractivity contribution in [2.24, 2.45) is 4.99 Å². The molecule has 0 saturated carbocycles. The van der Waals surface area contributed by atoms with Crippen molar-refractivity contribution in [2.45, 2.75) is 19.4 Å². The van der Waals surface area contributed by atoms with Gasteiger partial charge in [-0.15, -0.1) is 0 Å². The van der Waals surface area contributed by atoms with Crippen LogP contribution in [0.4, 0.5) is 0 Å². The minimum atomic E-state index is 0.199. The third-order valence-corrected chi connectivity index (χ3v) is 3.94. The molecule has 1 heterocycles. The van der Waals surface area contributed by atoms with Gasteiger partial charge in [-0.25, -0.2) is 4.99 Å². The van der Waals surface area contributed by atoms with Gasteiger partial charge in [-0.1, -0.05) is 48.2 Å². The molecule has 2 N–H and O–H groups in total. The number of rotatable bonds is 3. The third-order valence-electron chi connectivity index (χ3n) is 3.94. The largest absolute Gasteiger partial charge is 0.493 e. The lowest BCUT2D eigenvalue weighted by Crippen LogP contribution is -2.41. The minimum absolute atomic E-state index is 0.199. The molecule has 3 rings (SSSR count). The van der Waals surface area contributed by atoms with Gasteiger partial charge in [0.1, 0.15) is 12.3 Å². The van der Waals surface area contributed by atoms with Gasteiger partial charge in [0.25, 0.3) is 0 Å². The van der Waals surface area contributed by atoms with Crippen molar-refractivity contribution in [3.05, 3.63) is 65.7 Å². The highest BCUT2D eigenvalue weighted by atomic mass is 16.5. The molecular formula is C21H23N3O. The van der Waals surface area contributed by atoms with Crippen molar-refractivity contribution in [3.8, 4) is 17.6 Å². The van der Waals surface area contributed by atoms with Crippen molar-refractivity contribution in [1.29, 1.82) is 0 Å². The van der Waals surface area contributed by atoms with Crippen molar-refractivity contribution >= 4 is 5.96 Å². The fraction of sp³-hybridized carbons (Fsp3) is 0.286. The van der Waals surface area contributed by atoms with Crippen LogP contribution in [-0.2, 0) is 0 Å². The summed E-state index contributed by atoms with van der Waals surface area (Å²) in [5.74, 6) is 7.97. The molecule has 0 saturated heterocycles. The van der Waals surface area contributed by atoms with Gasteiger partial charge < -0.3 is 15.4 Å². The summed E-state index contributed by atoms with van der Waals surface area (Å²) in [5, 5.41) is 6.79. The number of fused-ring (bicyclic) bond motifs is 1. The molecule has 1 aliphatic rings. The molecule has 1 unspecified atom stereocenters. The highest BCUT2D eigenvalue weighted by Gasteiger charge is 2.21. The van der Waals surface area contributed by atoms with E-state index in [2.05, 4.69) is 40.5 Å². The number of guanidine groups is 1. The maximum atomic E-state index is 5.72. The lowest BCUT2D eigenvalue weighted by atomic mass is 10.0. The van der Waals surface area contributed by atoms with Crippen LogP contribution >= 0.6 is 0 Å². The molecule has 1 atom stereocenters. The van der Waals surface area contributed by atoms with Crippen LogP contribution in [0.5, 0.6) is 5.75 Å². The molecule has 4 heteroatoms. The van der Waals surface area contributed by atoms with Crippen LogP contribution in [0.2, 0.25) is 0 Å². The maximum absolute atomic E-state index is 5.72. The number of nitrogens with one attached hydrogen (secondary N) is 2. The number of hydrogen-bond acceptors (Lipinski definition) is 2. The van der Waals surface area contributed by atoms with E-state index in [1.807, 2.05) is 48.5 Å². The van der Waals surface area contributed by atoms with E-state index in [-0.39, 0.29) is 6.04 Å². The molecule has 25 heavy (non-hydrogen) atoms. The van der Waals surface area contributed by atoms with Crippen LogP contribution < -0.4 is 15.4 Å². The Kier molecular flexibility index (Phi) is 5.95. The lowest BCUT2D eigenvalue weighted by molar-refractivity contribution is 0.261. The Hall–Kier alpha value is -2.93. The topological polar surface area (TPSA) is 45.7 Å². The Morgan fingerprint density at radius 3 is 2.80 bits per heavy atom. The summed E-state index contributed by atoms with van der Waals surface area (Å²) in [5.41, 5.74) is 2.18. The Bertz CT molecular complexity index is 774.